The highest BCUT2D eigenvalue weighted by Gasteiger charge is 2.30. The van der Waals surface area contributed by atoms with Crippen LogP contribution >= 0.6 is 21.6 Å². The molecule has 1 aliphatic rings. The van der Waals surface area contributed by atoms with Gasteiger partial charge in [0.2, 0.25) is 5.50 Å². The Labute approximate surface area is 132 Å². The van der Waals surface area contributed by atoms with Crippen molar-refractivity contribution in [1.29, 1.82) is 0 Å². The summed E-state index contributed by atoms with van der Waals surface area (Å²) in [5, 5.41) is 4.85. The zero-order chi connectivity index (χ0) is 15.0. The Bertz CT molecular complexity index is 308. The van der Waals surface area contributed by atoms with Crippen LogP contribution in [0.5, 0.6) is 0 Å². The SMILES string of the molecule is CCCCN(CC)CCC[N+](C)=C1NC(N(C)C)SS1. The lowest BCUT2D eigenvalue weighted by Crippen LogP contribution is -2.39. The van der Waals surface area contributed by atoms with Crippen molar-refractivity contribution in [3.05, 3.63) is 0 Å². The molecule has 1 atom stereocenters. The van der Waals surface area contributed by atoms with Crippen LogP contribution in [-0.4, -0.2) is 72.4 Å². The number of unbranched alkanes of at least 4 members (excludes halogenated alkanes) is 1. The van der Waals surface area contributed by atoms with Crippen LogP contribution in [0.3, 0.4) is 0 Å². The summed E-state index contributed by atoms with van der Waals surface area (Å²) >= 11 is 0. The van der Waals surface area contributed by atoms with Crippen LogP contribution in [0.15, 0.2) is 0 Å². The van der Waals surface area contributed by atoms with E-state index in [4.69, 9.17) is 0 Å². The van der Waals surface area contributed by atoms with Gasteiger partial charge < -0.3 is 4.90 Å². The number of amidine groups is 1. The summed E-state index contributed by atoms with van der Waals surface area (Å²) < 4.78 is 2.36. The third-order valence-corrected chi connectivity index (χ3v) is 6.24. The molecule has 1 saturated heterocycles. The molecule has 1 heterocycles. The molecule has 4 nitrogen and oxygen atoms in total. The lowest BCUT2D eigenvalue weighted by Gasteiger charge is -2.19. The highest BCUT2D eigenvalue weighted by atomic mass is 33.1. The fourth-order valence-corrected chi connectivity index (χ4v) is 4.78. The van der Waals surface area contributed by atoms with E-state index in [0.29, 0.717) is 5.50 Å². The summed E-state index contributed by atoms with van der Waals surface area (Å²) in [6.45, 7) is 9.29. The van der Waals surface area contributed by atoms with Crippen molar-refractivity contribution in [1.82, 2.24) is 15.1 Å². The van der Waals surface area contributed by atoms with Gasteiger partial charge in [-0.3, -0.25) is 9.48 Å². The molecule has 0 aliphatic carbocycles. The second-order valence-corrected chi connectivity index (χ2v) is 7.78. The molecule has 118 valence electrons. The molecule has 0 bridgehead atoms. The molecule has 0 saturated carbocycles. The Morgan fingerprint density at radius 1 is 1.20 bits per heavy atom. The highest BCUT2D eigenvalue weighted by Crippen LogP contribution is 2.33. The molecule has 1 aliphatic heterocycles. The molecule has 1 fully saturated rings. The van der Waals surface area contributed by atoms with E-state index in [9.17, 15) is 0 Å². The second kappa shape index (κ2) is 9.92. The summed E-state index contributed by atoms with van der Waals surface area (Å²) in [7, 11) is 10.2. The Morgan fingerprint density at radius 3 is 2.45 bits per heavy atom. The minimum atomic E-state index is 0.397. The van der Waals surface area contributed by atoms with Crippen LogP contribution in [0.4, 0.5) is 0 Å². The van der Waals surface area contributed by atoms with E-state index < -0.39 is 0 Å². The van der Waals surface area contributed by atoms with Crippen LogP contribution in [0.2, 0.25) is 0 Å². The molecule has 0 radical (unpaired) electrons. The maximum atomic E-state index is 3.56. The van der Waals surface area contributed by atoms with Crippen molar-refractivity contribution >= 4 is 26.8 Å². The zero-order valence-corrected chi connectivity index (χ0v) is 15.3. The predicted molar refractivity (Wildman–Crippen MR) is 93.5 cm³/mol. The van der Waals surface area contributed by atoms with Crippen LogP contribution in [0, 0.1) is 0 Å². The van der Waals surface area contributed by atoms with E-state index in [0.717, 1.165) is 6.54 Å². The van der Waals surface area contributed by atoms with E-state index in [2.05, 4.69) is 54.7 Å². The third kappa shape index (κ3) is 6.24. The smallest absolute Gasteiger partial charge is 0.303 e. The maximum absolute atomic E-state index is 3.56. The Morgan fingerprint density at radius 2 is 1.90 bits per heavy atom. The average Bonchev–Trinajstić information content (AvgIpc) is 2.92. The van der Waals surface area contributed by atoms with Crippen LogP contribution in [0.1, 0.15) is 33.1 Å². The van der Waals surface area contributed by atoms with E-state index in [-0.39, 0.29) is 0 Å². The van der Waals surface area contributed by atoms with E-state index in [1.165, 1.54) is 44.1 Å². The monoisotopic (exact) mass is 319 g/mol. The minimum absolute atomic E-state index is 0.397. The van der Waals surface area contributed by atoms with Crippen molar-refractivity contribution in [3.63, 3.8) is 0 Å². The van der Waals surface area contributed by atoms with Gasteiger partial charge in [-0.25, -0.2) is 5.32 Å². The van der Waals surface area contributed by atoms with Crippen molar-refractivity contribution < 1.29 is 4.58 Å². The highest BCUT2D eigenvalue weighted by molar-refractivity contribution is 8.83. The van der Waals surface area contributed by atoms with Crippen LogP contribution < -0.4 is 5.32 Å². The zero-order valence-electron chi connectivity index (χ0n) is 13.7. The minimum Gasteiger partial charge on any atom is -0.303 e. The number of nitrogens with zero attached hydrogens (tertiary/aromatic N) is 3. The number of hydrogen-bond acceptors (Lipinski definition) is 4. The van der Waals surface area contributed by atoms with Gasteiger partial charge in [0, 0.05) is 17.3 Å². The molecule has 20 heavy (non-hydrogen) atoms. The molecular formula is C14H31N4S2+. The Balaban J connectivity index is 2.30. The van der Waals surface area contributed by atoms with Crippen molar-refractivity contribution in [3.8, 4) is 0 Å². The van der Waals surface area contributed by atoms with Gasteiger partial charge in [0.15, 0.2) is 0 Å². The molecule has 6 heteroatoms. The normalized spacial score (nSPS) is 21.6. The Hall–Kier alpha value is 0.0900. The van der Waals surface area contributed by atoms with Crippen LogP contribution in [-0.2, 0) is 0 Å². The first-order valence-electron chi connectivity index (χ1n) is 7.65. The second-order valence-electron chi connectivity index (χ2n) is 5.51. The quantitative estimate of drug-likeness (QED) is 0.519. The van der Waals surface area contributed by atoms with Gasteiger partial charge in [0.05, 0.1) is 13.6 Å². The molecule has 0 aromatic carbocycles. The molecule has 0 aromatic rings. The van der Waals surface area contributed by atoms with E-state index in [1.54, 1.807) is 0 Å². The van der Waals surface area contributed by atoms with Gasteiger partial charge >= 0.3 is 5.17 Å². The summed E-state index contributed by atoms with van der Waals surface area (Å²) in [5.41, 5.74) is 0.397. The van der Waals surface area contributed by atoms with E-state index in [1.807, 2.05) is 21.6 Å². The molecule has 0 aromatic heterocycles. The first-order valence-corrected chi connectivity index (χ1v) is 9.86. The predicted octanol–water partition coefficient (Wildman–Crippen LogP) is 2.33. The molecular weight excluding hydrogens is 288 g/mol. The molecule has 1 unspecified atom stereocenters. The van der Waals surface area contributed by atoms with Gasteiger partial charge in [-0.15, -0.1) is 0 Å². The van der Waals surface area contributed by atoms with Gasteiger partial charge in [-0.2, -0.15) is 0 Å². The first-order chi connectivity index (χ1) is 9.58. The molecule has 1 rings (SSSR count). The first kappa shape index (κ1) is 18.1. The lowest BCUT2D eigenvalue weighted by molar-refractivity contribution is -0.497. The van der Waals surface area contributed by atoms with Crippen molar-refractivity contribution in [2.24, 2.45) is 0 Å². The standard InChI is InChI=1S/C14H30N4S2/c1-6-8-11-18(7-2)12-9-10-17(5)14-15-13(16(3)4)19-20-14/h13H,6-12H2,1-5H3/p+1. The average molecular weight is 320 g/mol. The number of nitrogens with one attached hydrogen (secondary N) is 1. The van der Waals surface area contributed by atoms with E-state index >= 15 is 0 Å². The Kier molecular flexibility index (Phi) is 9.00. The third-order valence-electron chi connectivity index (χ3n) is 3.52. The molecule has 1 N–H and O–H groups in total. The summed E-state index contributed by atoms with van der Waals surface area (Å²) in [6.07, 6.45) is 3.84. The fourth-order valence-electron chi connectivity index (χ4n) is 2.08. The van der Waals surface area contributed by atoms with Gasteiger partial charge in [-0.1, -0.05) is 20.3 Å². The van der Waals surface area contributed by atoms with Crippen LogP contribution in [0.25, 0.3) is 0 Å². The van der Waals surface area contributed by atoms with Gasteiger partial charge in [0.25, 0.3) is 0 Å². The lowest BCUT2D eigenvalue weighted by atomic mass is 10.3. The van der Waals surface area contributed by atoms with Crippen molar-refractivity contribution in [2.75, 3.05) is 47.3 Å². The van der Waals surface area contributed by atoms with Crippen molar-refractivity contribution in [2.45, 2.75) is 38.6 Å². The molecule has 0 spiro atoms. The summed E-state index contributed by atoms with van der Waals surface area (Å²) in [6, 6.07) is 0. The van der Waals surface area contributed by atoms with Gasteiger partial charge in [0.1, 0.15) is 0 Å². The largest absolute Gasteiger partial charge is 0.319 e. The number of hydrogen-bond donors (Lipinski definition) is 1. The summed E-state index contributed by atoms with van der Waals surface area (Å²) in [4.78, 5) is 4.77. The molecule has 0 amide bonds. The maximum Gasteiger partial charge on any atom is 0.319 e. The summed E-state index contributed by atoms with van der Waals surface area (Å²) in [5.74, 6) is 0. The van der Waals surface area contributed by atoms with Gasteiger partial charge in [-0.05, 0) is 50.8 Å². The topological polar surface area (TPSA) is 21.5 Å². The number of rotatable bonds is 9. The fraction of sp³-hybridized carbons (Fsp3) is 0.929.